The molecule has 3 rings (SSSR count). The molecule has 6 heteroatoms. The molecule has 0 radical (unpaired) electrons. The van der Waals surface area contributed by atoms with Gasteiger partial charge in [0.25, 0.3) is 5.91 Å². The monoisotopic (exact) mass is 275 g/mol. The standard InChI is InChI=1S/C14H17N3O3/c1-14(19-7-8-20-14)9-17(2)13(18)12-10-5-3-4-6-11(10)15-16-12/h3-6H,7-9H2,1-2H3,(H,15,16). The highest BCUT2D eigenvalue weighted by Gasteiger charge is 2.34. The Morgan fingerprint density at radius 3 is 2.85 bits per heavy atom. The van der Waals surface area contributed by atoms with Crippen LogP contribution in [0.5, 0.6) is 0 Å². The molecular weight excluding hydrogens is 258 g/mol. The Balaban J connectivity index is 1.81. The summed E-state index contributed by atoms with van der Waals surface area (Å²) < 4.78 is 11.0. The average molecular weight is 275 g/mol. The first-order valence-corrected chi connectivity index (χ1v) is 6.55. The van der Waals surface area contributed by atoms with Crippen LogP contribution in [-0.2, 0) is 9.47 Å². The predicted octanol–water partition coefficient (Wildman–Crippen LogP) is 1.40. The van der Waals surface area contributed by atoms with Crippen molar-refractivity contribution in [3.8, 4) is 0 Å². The van der Waals surface area contributed by atoms with E-state index in [4.69, 9.17) is 9.47 Å². The van der Waals surface area contributed by atoms with Crippen molar-refractivity contribution in [3.05, 3.63) is 30.0 Å². The molecule has 20 heavy (non-hydrogen) atoms. The average Bonchev–Trinajstić information content (AvgIpc) is 3.04. The Morgan fingerprint density at radius 1 is 1.40 bits per heavy atom. The van der Waals surface area contributed by atoms with E-state index in [-0.39, 0.29) is 5.91 Å². The molecule has 1 amide bonds. The molecule has 2 heterocycles. The minimum absolute atomic E-state index is 0.150. The number of hydrogen-bond donors (Lipinski definition) is 1. The molecule has 1 aliphatic heterocycles. The summed E-state index contributed by atoms with van der Waals surface area (Å²) in [4.78, 5) is 14.1. The second-order valence-electron chi connectivity index (χ2n) is 5.11. The van der Waals surface area contributed by atoms with Gasteiger partial charge in [-0.05, 0) is 13.0 Å². The number of para-hydroxylation sites is 1. The van der Waals surface area contributed by atoms with Crippen molar-refractivity contribution in [1.29, 1.82) is 0 Å². The summed E-state index contributed by atoms with van der Waals surface area (Å²) >= 11 is 0. The van der Waals surface area contributed by atoms with Crippen LogP contribution in [0.25, 0.3) is 10.9 Å². The summed E-state index contributed by atoms with van der Waals surface area (Å²) in [7, 11) is 1.72. The molecule has 106 valence electrons. The quantitative estimate of drug-likeness (QED) is 0.919. The normalized spacial score (nSPS) is 17.5. The van der Waals surface area contributed by atoms with E-state index < -0.39 is 5.79 Å². The zero-order valence-electron chi connectivity index (χ0n) is 11.5. The van der Waals surface area contributed by atoms with Crippen molar-refractivity contribution in [2.24, 2.45) is 0 Å². The number of hydrogen-bond acceptors (Lipinski definition) is 4. The van der Waals surface area contributed by atoms with E-state index in [1.54, 1.807) is 11.9 Å². The van der Waals surface area contributed by atoms with Crippen molar-refractivity contribution in [3.63, 3.8) is 0 Å². The molecule has 0 aliphatic carbocycles. The number of nitrogens with zero attached hydrogens (tertiary/aromatic N) is 2. The van der Waals surface area contributed by atoms with Crippen LogP contribution < -0.4 is 0 Å². The number of benzene rings is 1. The second-order valence-corrected chi connectivity index (χ2v) is 5.11. The van der Waals surface area contributed by atoms with E-state index in [9.17, 15) is 4.79 Å². The number of carbonyl (C=O) groups excluding carboxylic acids is 1. The Hall–Kier alpha value is -1.92. The van der Waals surface area contributed by atoms with Gasteiger partial charge in [0.15, 0.2) is 11.5 Å². The van der Waals surface area contributed by atoms with Gasteiger partial charge in [0.05, 0.1) is 25.3 Å². The van der Waals surface area contributed by atoms with Gasteiger partial charge in [0, 0.05) is 12.4 Å². The first-order chi connectivity index (χ1) is 9.59. The van der Waals surface area contributed by atoms with E-state index in [0.717, 1.165) is 10.9 Å². The summed E-state index contributed by atoms with van der Waals surface area (Å²) in [6.07, 6.45) is 0. The first-order valence-electron chi connectivity index (χ1n) is 6.55. The Kier molecular flexibility index (Phi) is 3.19. The highest BCUT2D eigenvalue weighted by Crippen LogP contribution is 2.21. The summed E-state index contributed by atoms with van der Waals surface area (Å²) in [5, 5.41) is 7.80. The summed E-state index contributed by atoms with van der Waals surface area (Å²) in [6, 6.07) is 7.56. The van der Waals surface area contributed by atoms with Crippen LogP contribution in [0, 0.1) is 0 Å². The van der Waals surface area contributed by atoms with Gasteiger partial charge >= 0.3 is 0 Å². The fourth-order valence-corrected chi connectivity index (χ4v) is 2.46. The van der Waals surface area contributed by atoms with E-state index in [1.165, 1.54) is 0 Å². The zero-order valence-corrected chi connectivity index (χ0v) is 11.5. The van der Waals surface area contributed by atoms with Crippen LogP contribution in [-0.4, -0.2) is 53.6 Å². The minimum atomic E-state index is -0.726. The van der Waals surface area contributed by atoms with Crippen molar-refractivity contribution < 1.29 is 14.3 Å². The van der Waals surface area contributed by atoms with Crippen LogP contribution in [0.1, 0.15) is 17.4 Å². The maximum Gasteiger partial charge on any atom is 0.274 e. The third-order valence-corrected chi connectivity index (χ3v) is 3.44. The van der Waals surface area contributed by atoms with Gasteiger partial charge < -0.3 is 14.4 Å². The molecule has 0 atom stereocenters. The lowest BCUT2D eigenvalue weighted by Gasteiger charge is -2.27. The lowest BCUT2D eigenvalue weighted by molar-refractivity contribution is -0.149. The van der Waals surface area contributed by atoms with Crippen molar-refractivity contribution in [2.75, 3.05) is 26.8 Å². The number of amides is 1. The van der Waals surface area contributed by atoms with Crippen LogP contribution in [0.3, 0.4) is 0 Å². The van der Waals surface area contributed by atoms with Gasteiger partial charge in [0.1, 0.15) is 0 Å². The predicted molar refractivity (Wildman–Crippen MR) is 73.4 cm³/mol. The molecule has 0 saturated carbocycles. The van der Waals surface area contributed by atoms with Gasteiger partial charge in [-0.25, -0.2) is 0 Å². The molecule has 1 aromatic heterocycles. The topological polar surface area (TPSA) is 67.5 Å². The van der Waals surface area contributed by atoms with Gasteiger partial charge in [-0.3, -0.25) is 9.89 Å². The Morgan fingerprint density at radius 2 is 2.10 bits per heavy atom. The molecule has 2 aromatic rings. The molecule has 1 fully saturated rings. The smallest absolute Gasteiger partial charge is 0.274 e. The second kappa shape index (κ2) is 4.88. The number of ether oxygens (including phenoxy) is 2. The van der Waals surface area contributed by atoms with Crippen LogP contribution in [0.15, 0.2) is 24.3 Å². The third kappa shape index (κ3) is 2.28. The molecule has 1 N–H and O–H groups in total. The highest BCUT2D eigenvalue weighted by atomic mass is 16.7. The zero-order chi connectivity index (χ0) is 14.2. The molecule has 1 aliphatic rings. The summed E-state index contributed by atoms with van der Waals surface area (Å²) in [5.74, 6) is -0.876. The number of aromatic nitrogens is 2. The molecule has 0 unspecified atom stereocenters. The molecule has 1 aromatic carbocycles. The fraction of sp³-hybridized carbons (Fsp3) is 0.429. The number of likely N-dealkylation sites (N-methyl/N-ethyl adjacent to an activating group) is 1. The third-order valence-electron chi connectivity index (χ3n) is 3.44. The molecule has 0 bridgehead atoms. The highest BCUT2D eigenvalue weighted by molar-refractivity contribution is 6.04. The number of fused-ring (bicyclic) bond motifs is 1. The van der Waals surface area contributed by atoms with E-state index in [1.807, 2.05) is 31.2 Å². The minimum Gasteiger partial charge on any atom is -0.346 e. The summed E-state index contributed by atoms with van der Waals surface area (Å²) in [6.45, 7) is 3.33. The van der Waals surface area contributed by atoms with Crippen molar-refractivity contribution >= 4 is 16.8 Å². The largest absolute Gasteiger partial charge is 0.346 e. The lowest BCUT2D eigenvalue weighted by atomic mass is 10.2. The molecule has 6 nitrogen and oxygen atoms in total. The maximum atomic E-state index is 12.5. The Bertz CT molecular complexity index is 631. The van der Waals surface area contributed by atoms with Crippen molar-refractivity contribution in [1.82, 2.24) is 15.1 Å². The van der Waals surface area contributed by atoms with E-state index >= 15 is 0 Å². The SMILES string of the molecule is CN(CC1(C)OCCO1)C(=O)c1n[nH]c2ccccc12. The van der Waals surface area contributed by atoms with Gasteiger partial charge in [-0.15, -0.1) is 0 Å². The lowest BCUT2D eigenvalue weighted by Crippen LogP contribution is -2.42. The number of aromatic amines is 1. The van der Waals surface area contributed by atoms with E-state index in [0.29, 0.717) is 25.5 Å². The fourth-order valence-electron chi connectivity index (χ4n) is 2.46. The summed E-state index contributed by atoms with van der Waals surface area (Å²) in [5.41, 5.74) is 1.27. The van der Waals surface area contributed by atoms with Gasteiger partial charge in [0.2, 0.25) is 0 Å². The Labute approximate surface area is 116 Å². The number of rotatable bonds is 3. The molecule has 0 spiro atoms. The van der Waals surface area contributed by atoms with Crippen LogP contribution in [0.2, 0.25) is 0 Å². The maximum absolute atomic E-state index is 12.5. The molecule has 1 saturated heterocycles. The molecular formula is C14H17N3O3. The van der Waals surface area contributed by atoms with Crippen LogP contribution in [0.4, 0.5) is 0 Å². The first kappa shape index (κ1) is 13.1. The van der Waals surface area contributed by atoms with Crippen LogP contribution >= 0.6 is 0 Å². The number of carbonyl (C=O) groups is 1. The van der Waals surface area contributed by atoms with Crippen molar-refractivity contribution in [2.45, 2.75) is 12.7 Å². The van der Waals surface area contributed by atoms with Gasteiger partial charge in [-0.1, -0.05) is 18.2 Å². The number of nitrogens with one attached hydrogen (secondary N) is 1. The van der Waals surface area contributed by atoms with Gasteiger partial charge in [-0.2, -0.15) is 5.10 Å². The van der Waals surface area contributed by atoms with E-state index in [2.05, 4.69) is 10.2 Å². The number of H-pyrrole nitrogens is 1.